The molecule has 1 atom stereocenters. The first-order valence-corrected chi connectivity index (χ1v) is 16.2. The number of piperidine rings is 1. The van der Waals surface area contributed by atoms with Gasteiger partial charge in [-0.1, -0.05) is 18.2 Å². The number of halogens is 6. The van der Waals surface area contributed by atoms with E-state index in [1.807, 2.05) is 41.3 Å². The molecule has 3 aromatic rings. The Morgan fingerprint density at radius 3 is 2.08 bits per heavy atom. The normalized spacial score (nSPS) is 18.0. The fourth-order valence-electron chi connectivity index (χ4n) is 6.67. The lowest BCUT2D eigenvalue weighted by Gasteiger charge is -2.41. The van der Waals surface area contributed by atoms with Gasteiger partial charge in [-0.05, 0) is 60.4 Å². The molecule has 266 valence electrons. The molecule has 0 saturated carbocycles. The summed E-state index contributed by atoms with van der Waals surface area (Å²) in [5, 5.41) is 5.50. The highest BCUT2D eigenvalue weighted by molar-refractivity contribution is 5.92. The highest BCUT2D eigenvalue weighted by Gasteiger charge is 2.39. The maximum Gasteiger partial charge on any atom is 0.416 e. The molecule has 3 aliphatic heterocycles. The van der Waals surface area contributed by atoms with Gasteiger partial charge in [0.05, 0.1) is 11.1 Å². The Bertz CT molecular complexity index is 1670. The molecule has 0 spiro atoms. The standard InChI is InChI=1S/C34H35F6N7O3/c35-33(36,37)24-17-22(18-25(20-24)34(38,39)40)19-29(30(48)45-15-13-44(14-16-45)26-5-9-41-10-6-26)43-31(49)46-11-7-27(8-12-46)47-21-23-3-1-2-4-28(23)42-32(47)50/h1-6,9-10,17-18,20,27,29H,7-8,11-16,19,21H2,(H,42,50)(H,43,49). The van der Waals surface area contributed by atoms with Gasteiger partial charge in [-0.3, -0.25) is 9.78 Å². The number of rotatable bonds is 6. The number of nitrogens with one attached hydrogen (secondary N) is 2. The summed E-state index contributed by atoms with van der Waals surface area (Å²) < 4.78 is 82.0. The van der Waals surface area contributed by atoms with Crippen LogP contribution in [0.15, 0.2) is 67.0 Å². The molecule has 2 aromatic carbocycles. The van der Waals surface area contributed by atoms with E-state index in [9.17, 15) is 40.7 Å². The van der Waals surface area contributed by atoms with Crippen LogP contribution in [-0.2, 0) is 30.1 Å². The fraction of sp³-hybridized carbons (Fsp3) is 0.412. The summed E-state index contributed by atoms with van der Waals surface area (Å²) in [6, 6.07) is 9.72. The summed E-state index contributed by atoms with van der Waals surface area (Å²) in [4.78, 5) is 50.9. The summed E-state index contributed by atoms with van der Waals surface area (Å²) in [7, 11) is 0. The molecule has 50 heavy (non-hydrogen) atoms. The van der Waals surface area contributed by atoms with Crippen LogP contribution in [0.5, 0.6) is 0 Å². The van der Waals surface area contributed by atoms with Crippen molar-refractivity contribution in [2.45, 2.75) is 50.2 Å². The third kappa shape index (κ3) is 7.89. The monoisotopic (exact) mass is 703 g/mol. The zero-order chi connectivity index (χ0) is 35.6. The van der Waals surface area contributed by atoms with Gasteiger partial charge in [0.25, 0.3) is 0 Å². The van der Waals surface area contributed by atoms with E-state index in [1.165, 1.54) is 9.80 Å². The van der Waals surface area contributed by atoms with Gasteiger partial charge in [0.2, 0.25) is 5.91 Å². The number of piperazine rings is 1. The lowest BCUT2D eigenvalue weighted by Crippen LogP contribution is -2.58. The van der Waals surface area contributed by atoms with Crippen LogP contribution in [0.3, 0.4) is 0 Å². The number of aromatic nitrogens is 1. The lowest BCUT2D eigenvalue weighted by atomic mass is 9.98. The Hall–Kier alpha value is -5.02. The van der Waals surface area contributed by atoms with Crippen LogP contribution >= 0.6 is 0 Å². The van der Waals surface area contributed by atoms with Gasteiger partial charge in [-0.2, -0.15) is 26.3 Å². The Balaban J connectivity index is 1.17. The average Bonchev–Trinajstić information content (AvgIpc) is 3.10. The van der Waals surface area contributed by atoms with Gasteiger partial charge < -0.3 is 30.2 Å². The minimum Gasteiger partial charge on any atom is -0.368 e. The minimum absolute atomic E-state index is 0.0303. The third-order valence-electron chi connectivity index (χ3n) is 9.36. The van der Waals surface area contributed by atoms with E-state index in [1.54, 1.807) is 17.3 Å². The zero-order valence-corrected chi connectivity index (χ0v) is 26.8. The van der Waals surface area contributed by atoms with Crippen molar-refractivity contribution in [3.63, 3.8) is 0 Å². The predicted octanol–water partition coefficient (Wildman–Crippen LogP) is 5.60. The molecule has 6 rings (SSSR count). The molecule has 2 fully saturated rings. The molecule has 3 aliphatic rings. The lowest BCUT2D eigenvalue weighted by molar-refractivity contribution is -0.143. The van der Waals surface area contributed by atoms with Crippen LogP contribution in [0.1, 0.15) is 35.1 Å². The molecule has 0 radical (unpaired) electrons. The van der Waals surface area contributed by atoms with Crippen LogP contribution in [-0.4, -0.2) is 89.0 Å². The van der Waals surface area contributed by atoms with Crippen molar-refractivity contribution in [3.05, 3.63) is 89.2 Å². The molecule has 2 saturated heterocycles. The van der Waals surface area contributed by atoms with Crippen LogP contribution in [0, 0.1) is 0 Å². The average molecular weight is 704 g/mol. The van der Waals surface area contributed by atoms with Crippen molar-refractivity contribution >= 4 is 29.3 Å². The number of benzene rings is 2. The number of para-hydroxylation sites is 1. The quantitative estimate of drug-likeness (QED) is 0.326. The topological polar surface area (TPSA) is 101 Å². The molecule has 0 aliphatic carbocycles. The SMILES string of the molecule is O=C(NC(Cc1cc(C(F)(F)F)cc(C(F)(F)F)c1)C(=O)N1CCN(c2ccncc2)CC1)N1CCC(N2Cc3ccccc3NC2=O)CC1. The number of carbonyl (C=O) groups excluding carboxylic acids is 3. The molecule has 5 amide bonds. The van der Waals surface area contributed by atoms with Crippen LogP contribution in [0.25, 0.3) is 0 Å². The van der Waals surface area contributed by atoms with Gasteiger partial charge in [-0.15, -0.1) is 0 Å². The van der Waals surface area contributed by atoms with Crippen LogP contribution in [0.4, 0.5) is 47.3 Å². The van der Waals surface area contributed by atoms with E-state index in [-0.39, 0.29) is 44.3 Å². The van der Waals surface area contributed by atoms with Crippen molar-refractivity contribution < 1.29 is 40.7 Å². The second-order valence-corrected chi connectivity index (χ2v) is 12.6. The molecule has 1 unspecified atom stereocenters. The van der Waals surface area contributed by atoms with Crippen molar-refractivity contribution in [1.29, 1.82) is 0 Å². The molecular weight excluding hydrogens is 668 g/mol. The van der Waals surface area contributed by atoms with Gasteiger partial charge in [0, 0.05) is 82.0 Å². The van der Waals surface area contributed by atoms with Crippen LogP contribution < -0.4 is 15.5 Å². The number of hydrogen-bond acceptors (Lipinski definition) is 5. The number of likely N-dealkylation sites (tertiary alicyclic amines) is 1. The molecule has 16 heteroatoms. The molecule has 1 aromatic heterocycles. The number of carbonyl (C=O) groups is 3. The third-order valence-corrected chi connectivity index (χ3v) is 9.36. The number of alkyl halides is 6. The van der Waals surface area contributed by atoms with E-state index >= 15 is 0 Å². The summed E-state index contributed by atoms with van der Waals surface area (Å²) in [6.45, 7) is 2.11. The molecule has 4 heterocycles. The number of fused-ring (bicyclic) bond motifs is 1. The Labute approximate surface area is 284 Å². The second kappa shape index (κ2) is 14.1. The minimum atomic E-state index is -5.07. The highest BCUT2D eigenvalue weighted by Crippen LogP contribution is 2.37. The Morgan fingerprint density at radius 1 is 0.840 bits per heavy atom. The molecule has 10 nitrogen and oxygen atoms in total. The van der Waals surface area contributed by atoms with E-state index in [0.29, 0.717) is 44.6 Å². The van der Waals surface area contributed by atoms with E-state index < -0.39 is 53.4 Å². The molecule has 2 N–H and O–H groups in total. The van der Waals surface area contributed by atoms with E-state index in [2.05, 4.69) is 15.6 Å². The number of hydrogen-bond donors (Lipinski definition) is 2. The summed E-state index contributed by atoms with van der Waals surface area (Å²) in [6.07, 6.45) is -6.61. The van der Waals surface area contributed by atoms with Crippen molar-refractivity contribution in [2.75, 3.05) is 49.5 Å². The first-order chi connectivity index (χ1) is 23.8. The first-order valence-electron chi connectivity index (χ1n) is 16.2. The largest absolute Gasteiger partial charge is 0.416 e. The maximum absolute atomic E-state index is 13.9. The second-order valence-electron chi connectivity index (χ2n) is 12.6. The van der Waals surface area contributed by atoms with Crippen molar-refractivity contribution in [1.82, 2.24) is 25.0 Å². The Kier molecular flexibility index (Phi) is 9.80. The number of anilines is 2. The van der Waals surface area contributed by atoms with Crippen LogP contribution in [0.2, 0.25) is 0 Å². The van der Waals surface area contributed by atoms with Crippen molar-refractivity contribution in [2.24, 2.45) is 0 Å². The number of nitrogens with zero attached hydrogens (tertiary/aromatic N) is 5. The van der Waals surface area contributed by atoms with Gasteiger partial charge in [-0.25, -0.2) is 9.59 Å². The van der Waals surface area contributed by atoms with Crippen molar-refractivity contribution in [3.8, 4) is 0 Å². The smallest absolute Gasteiger partial charge is 0.368 e. The number of urea groups is 2. The predicted molar refractivity (Wildman–Crippen MR) is 171 cm³/mol. The summed E-state index contributed by atoms with van der Waals surface area (Å²) in [5.74, 6) is -0.614. The summed E-state index contributed by atoms with van der Waals surface area (Å²) >= 11 is 0. The first kappa shape index (κ1) is 34.8. The van der Waals surface area contributed by atoms with Gasteiger partial charge >= 0.3 is 24.4 Å². The van der Waals surface area contributed by atoms with E-state index in [0.717, 1.165) is 16.9 Å². The number of amides is 5. The maximum atomic E-state index is 13.9. The van der Waals surface area contributed by atoms with Gasteiger partial charge in [0.15, 0.2) is 0 Å². The zero-order valence-electron chi connectivity index (χ0n) is 26.8. The Morgan fingerprint density at radius 2 is 1.46 bits per heavy atom. The number of pyridine rings is 1. The summed E-state index contributed by atoms with van der Waals surface area (Å²) in [5.41, 5.74) is -0.817. The highest BCUT2D eigenvalue weighted by atomic mass is 19.4. The van der Waals surface area contributed by atoms with E-state index in [4.69, 9.17) is 0 Å². The fourth-order valence-corrected chi connectivity index (χ4v) is 6.67. The molecule has 0 bridgehead atoms. The van der Waals surface area contributed by atoms with Gasteiger partial charge in [0.1, 0.15) is 6.04 Å². The molecular formula is C34H35F6N7O3.